The molecule has 0 aliphatic carbocycles. The van der Waals surface area contributed by atoms with E-state index in [1.807, 2.05) is 0 Å². The average molecular weight is 397 g/mol. The summed E-state index contributed by atoms with van der Waals surface area (Å²) in [5.41, 5.74) is 0.466. The lowest BCUT2D eigenvalue weighted by molar-refractivity contribution is -0.113. The number of ether oxygens (including phenoxy) is 2. The minimum absolute atomic E-state index is 0.0634. The summed E-state index contributed by atoms with van der Waals surface area (Å²) in [4.78, 5) is 36.6. The Kier molecular flexibility index (Phi) is 6.76. The molecule has 1 N–H and O–H groups in total. The van der Waals surface area contributed by atoms with Crippen molar-refractivity contribution in [3.63, 3.8) is 0 Å². The van der Waals surface area contributed by atoms with Gasteiger partial charge in [-0.25, -0.2) is 14.0 Å². The van der Waals surface area contributed by atoms with Crippen molar-refractivity contribution in [2.45, 2.75) is 11.8 Å². The molecule has 2 aromatic rings. The Labute approximate surface area is 157 Å². The second-order valence-electron chi connectivity index (χ2n) is 5.01. The number of thiophene rings is 1. The molecule has 9 heteroatoms. The second kappa shape index (κ2) is 8.81. The Balaban J connectivity index is 2.19. The summed E-state index contributed by atoms with van der Waals surface area (Å²) in [6.45, 7) is 1.57. The molecule has 0 aliphatic rings. The fourth-order valence-corrected chi connectivity index (χ4v) is 3.97. The molecule has 0 bridgehead atoms. The standard InChI is InChI=1S/C17H16FNO5S2/c1-9-13(16(21)23-2)15(26-14(9)17(22)24-3)19-12(20)8-25-11-7-5-4-6-10(11)18/h4-7H,8H2,1-3H3,(H,19,20). The van der Waals surface area contributed by atoms with Crippen molar-refractivity contribution in [1.82, 2.24) is 0 Å². The third-order valence-corrected chi connectivity index (χ3v) is 5.59. The van der Waals surface area contributed by atoms with Crippen molar-refractivity contribution in [1.29, 1.82) is 0 Å². The summed E-state index contributed by atoms with van der Waals surface area (Å²) >= 11 is 1.95. The van der Waals surface area contributed by atoms with Gasteiger partial charge in [0.25, 0.3) is 0 Å². The first kappa shape index (κ1) is 19.9. The van der Waals surface area contributed by atoms with Crippen LogP contribution in [0.3, 0.4) is 0 Å². The van der Waals surface area contributed by atoms with E-state index in [1.54, 1.807) is 25.1 Å². The van der Waals surface area contributed by atoms with Crippen LogP contribution in [0.25, 0.3) is 0 Å². The van der Waals surface area contributed by atoms with Crippen molar-refractivity contribution in [3.8, 4) is 0 Å². The van der Waals surface area contributed by atoms with Crippen LogP contribution in [0.15, 0.2) is 29.2 Å². The van der Waals surface area contributed by atoms with Gasteiger partial charge in [-0.1, -0.05) is 12.1 Å². The zero-order valence-electron chi connectivity index (χ0n) is 14.3. The van der Waals surface area contributed by atoms with E-state index in [9.17, 15) is 18.8 Å². The van der Waals surface area contributed by atoms with Gasteiger partial charge in [-0.2, -0.15) is 0 Å². The molecule has 1 aromatic carbocycles. The highest BCUT2D eigenvalue weighted by Gasteiger charge is 2.26. The predicted molar refractivity (Wildman–Crippen MR) is 97.5 cm³/mol. The Hall–Kier alpha value is -2.39. The van der Waals surface area contributed by atoms with Gasteiger partial charge in [0.15, 0.2) is 0 Å². The molecule has 0 atom stereocenters. The number of esters is 2. The van der Waals surface area contributed by atoms with E-state index in [4.69, 9.17) is 4.74 Å². The van der Waals surface area contributed by atoms with Crippen LogP contribution >= 0.6 is 23.1 Å². The first-order chi connectivity index (χ1) is 12.4. The highest BCUT2D eigenvalue weighted by molar-refractivity contribution is 8.00. The van der Waals surface area contributed by atoms with Crippen molar-refractivity contribution in [3.05, 3.63) is 46.1 Å². The van der Waals surface area contributed by atoms with Gasteiger partial charge < -0.3 is 14.8 Å². The fourth-order valence-electron chi connectivity index (χ4n) is 2.10. The maximum Gasteiger partial charge on any atom is 0.348 e. The van der Waals surface area contributed by atoms with Gasteiger partial charge in [0.2, 0.25) is 5.91 Å². The van der Waals surface area contributed by atoms with E-state index in [0.717, 1.165) is 23.1 Å². The molecule has 0 saturated heterocycles. The van der Waals surface area contributed by atoms with Crippen molar-refractivity contribution in [2.75, 3.05) is 25.3 Å². The minimum atomic E-state index is -0.675. The number of anilines is 1. The third kappa shape index (κ3) is 4.41. The molecule has 0 saturated carbocycles. The molecule has 26 heavy (non-hydrogen) atoms. The maximum absolute atomic E-state index is 13.6. The Morgan fingerprint density at radius 3 is 2.42 bits per heavy atom. The van der Waals surface area contributed by atoms with Crippen LogP contribution in [0.1, 0.15) is 25.6 Å². The molecule has 138 valence electrons. The number of hydrogen-bond donors (Lipinski definition) is 1. The topological polar surface area (TPSA) is 81.7 Å². The molecule has 1 aromatic heterocycles. The Bertz CT molecular complexity index is 850. The van der Waals surface area contributed by atoms with Crippen molar-refractivity contribution < 1.29 is 28.2 Å². The molecule has 0 unspecified atom stereocenters. The zero-order valence-corrected chi connectivity index (χ0v) is 15.9. The number of methoxy groups -OCH3 is 2. The summed E-state index contributed by atoms with van der Waals surface area (Å²) in [5.74, 6) is -2.21. The summed E-state index contributed by atoms with van der Waals surface area (Å²) in [7, 11) is 2.43. The number of thioether (sulfide) groups is 1. The van der Waals surface area contributed by atoms with Crippen LogP contribution in [-0.2, 0) is 14.3 Å². The number of carbonyl (C=O) groups excluding carboxylic acids is 3. The van der Waals surface area contributed by atoms with Gasteiger partial charge >= 0.3 is 11.9 Å². The van der Waals surface area contributed by atoms with Crippen LogP contribution in [0, 0.1) is 12.7 Å². The number of amides is 1. The van der Waals surface area contributed by atoms with Gasteiger partial charge in [0.05, 0.1) is 25.5 Å². The van der Waals surface area contributed by atoms with Crippen LogP contribution in [0.2, 0.25) is 0 Å². The smallest absolute Gasteiger partial charge is 0.348 e. The molecule has 1 amide bonds. The number of benzene rings is 1. The number of halogens is 1. The lowest BCUT2D eigenvalue weighted by Crippen LogP contribution is -2.16. The zero-order chi connectivity index (χ0) is 19.3. The molecular formula is C17H16FNO5S2. The molecule has 2 rings (SSSR count). The van der Waals surface area contributed by atoms with Gasteiger partial charge in [0, 0.05) is 4.90 Å². The molecular weight excluding hydrogens is 381 g/mol. The number of carbonyl (C=O) groups is 3. The van der Waals surface area contributed by atoms with Gasteiger partial charge in [-0.3, -0.25) is 4.79 Å². The molecule has 0 spiro atoms. The molecule has 0 aliphatic heterocycles. The number of hydrogen-bond acceptors (Lipinski definition) is 7. The first-order valence-electron chi connectivity index (χ1n) is 7.36. The summed E-state index contributed by atoms with van der Waals surface area (Å²) in [6.07, 6.45) is 0. The number of nitrogens with one attached hydrogen (secondary N) is 1. The predicted octanol–water partition coefficient (Wildman–Crippen LogP) is 3.50. The fraction of sp³-hybridized carbons (Fsp3) is 0.235. The Morgan fingerprint density at radius 1 is 1.15 bits per heavy atom. The molecule has 6 nitrogen and oxygen atoms in total. The Morgan fingerprint density at radius 2 is 1.81 bits per heavy atom. The highest BCUT2D eigenvalue weighted by atomic mass is 32.2. The van der Waals surface area contributed by atoms with E-state index >= 15 is 0 Å². The molecule has 1 heterocycles. The molecule has 0 radical (unpaired) electrons. The van der Waals surface area contributed by atoms with E-state index in [-0.39, 0.29) is 21.2 Å². The average Bonchev–Trinajstić information content (AvgIpc) is 2.95. The summed E-state index contributed by atoms with van der Waals surface area (Å²) in [5, 5.41) is 2.77. The third-order valence-electron chi connectivity index (χ3n) is 3.36. The highest BCUT2D eigenvalue weighted by Crippen LogP contribution is 2.34. The van der Waals surface area contributed by atoms with Crippen LogP contribution < -0.4 is 5.32 Å². The van der Waals surface area contributed by atoms with Crippen molar-refractivity contribution in [2.24, 2.45) is 0 Å². The van der Waals surface area contributed by atoms with E-state index < -0.39 is 23.7 Å². The lowest BCUT2D eigenvalue weighted by atomic mass is 10.1. The van der Waals surface area contributed by atoms with Crippen LogP contribution in [0.4, 0.5) is 9.39 Å². The van der Waals surface area contributed by atoms with Crippen molar-refractivity contribution >= 4 is 45.9 Å². The quantitative estimate of drug-likeness (QED) is 0.594. The van der Waals surface area contributed by atoms with Crippen LogP contribution in [0.5, 0.6) is 0 Å². The van der Waals surface area contributed by atoms with Gasteiger partial charge in [-0.05, 0) is 24.6 Å². The van der Waals surface area contributed by atoms with Gasteiger partial charge in [0.1, 0.15) is 15.7 Å². The monoisotopic (exact) mass is 397 g/mol. The molecule has 0 fully saturated rings. The lowest BCUT2D eigenvalue weighted by Gasteiger charge is -2.06. The second-order valence-corrected chi connectivity index (χ2v) is 7.05. The minimum Gasteiger partial charge on any atom is -0.465 e. The van der Waals surface area contributed by atoms with E-state index in [1.165, 1.54) is 20.3 Å². The maximum atomic E-state index is 13.6. The van der Waals surface area contributed by atoms with Crippen LogP contribution in [-0.4, -0.2) is 37.8 Å². The normalized spacial score (nSPS) is 10.3. The van der Waals surface area contributed by atoms with E-state index in [0.29, 0.717) is 10.5 Å². The summed E-state index contributed by atoms with van der Waals surface area (Å²) < 4.78 is 23.0. The number of rotatable bonds is 6. The van der Waals surface area contributed by atoms with E-state index in [2.05, 4.69) is 10.1 Å². The largest absolute Gasteiger partial charge is 0.465 e. The first-order valence-corrected chi connectivity index (χ1v) is 9.16. The SMILES string of the molecule is COC(=O)c1sc(NC(=O)CSc2ccccc2F)c(C(=O)OC)c1C. The van der Waals surface area contributed by atoms with Gasteiger partial charge in [-0.15, -0.1) is 23.1 Å². The summed E-state index contributed by atoms with van der Waals surface area (Å²) in [6, 6.07) is 6.10.